The van der Waals surface area contributed by atoms with E-state index in [1.807, 2.05) is 30.2 Å². The summed E-state index contributed by atoms with van der Waals surface area (Å²) >= 11 is 0. The highest BCUT2D eigenvalue weighted by Gasteiger charge is 2.26. The normalized spacial score (nSPS) is 16.0. The molecule has 1 aliphatic rings. The highest BCUT2D eigenvalue weighted by Crippen LogP contribution is 2.21. The molecule has 1 aliphatic heterocycles. The van der Waals surface area contributed by atoms with E-state index in [1.54, 1.807) is 23.1 Å². The molecule has 132 valence electrons. The van der Waals surface area contributed by atoms with Crippen LogP contribution in [0.25, 0.3) is 5.69 Å². The van der Waals surface area contributed by atoms with E-state index in [1.165, 1.54) is 0 Å². The van der Waals surface area contributed by atoms with Crippen molar-refractivity contribution in [1.82, 2.24) is 19.7 Å². The zero-order chi connectivity index (χ0) is 15.5. The van der Waals surface area contributed by atoms with Gasteiger partial charge in [-0.05, 0) is 43.9 Å². The maximum absolute atomic E-state index is 12.6. The summed E-state index contributed by atoms with van der Waals surface area (Å²) < 4.78 is 1.72. The second-order valence-corrected chi connectivity index (χ2v) is 5.84. The average Bonchev–Trinajstić information content (AvgIpc) is 3.09. The van der Waals surface area contributed by atoms with Gasteiger partial charge in [0.05, 0.1) is 5.69 Å². The minimum atomic E-state index is -0.0165. The SMILES string of the molecule is CC(N)C1CCN(C(=O)c2cc(-n3cccn3)ccn2)CC1.Cl.Cl. The summed E-state index contributed by atoms with van der Waals surface area (Å²) in [5.41, 5.74) is 7.25. The third-order valence-electron chi connectivity index (χ3n) is 4.30. The van der Waals surface area contributed by atoms with E-state index < -0.39 is 0 Å². The third-order valence-corrected chi connectivity index (χ3v) is 4.30. The van der Waals surface area contributed by atoms with Crippen molar-refractivity contribution >= 4 is 30.7 Å². The second kappa shape index (κ2) is 9.01. The molecule has 2 aromatic heterocycles. The molecule has 8 heteroatoms. The molecule has 1 unspecified atom stereocenters. The molecule has 0 radical (unpaired) electrons. The van der Waals surface area contributed by atoms with E-state index in [4.69, 9.17) is 5.73 Å². The van der Waals surface area contributed by atoms with Crippen LogP contribution in [0.4, 0.5) is 0 Å². The first kappa shape index (κ1) is 20.4. The molecule has 0 aromatic carbocycles. The van der Waals surface area contributed by atoms with Crippen molar-refractivity contribution in [2.45, 2.75) is 25.8 Å². The van der Waals surface area contributed by atoms with Crippen LogP contribution < -0.4 is 5.73 Å². The molecule has 1 fully saturated rings. The van der Waals surface area contributed by atoms with Crippen molar-refractivity contribution in [2.24, 2.45) is 11.7 Å². The fourth-order valence-electron chi connectivity index (χ4n) is 2.89. The van der Waals surface area contributed by atoms with Crippen molar-refractivity contribution in [3.63, 3.8) is 0 Å². The van der Waals surface area contributed by atoms with Crippen molar-refractivity contribution in [3.05, 3.63) is 42.5 Å². The molecule has 0 bridgehead atoms. The smallest absolute Gasteiger partial charge is 0.272 e. The standard InChI is InChI=1S/C16H21N5O.2ClH/c1-12(17)13-4-9-20(10-5-13)16(22)15-11-14(3-7-18-15)21-8-2-6-19-21;;/h2-3,6-8,11-13H,4-5,9-10,17H2,1H3;2*1H. The zero-order valence-corrected chi connectivity index (χ0v) is 15.2. The summed E-state index contributed by atoms with van der Waals surface area (Å²) in [6, 6.07) is 5.67. The Labute approximate surface area is 154 Å². The number of pyridine rings is 1. The van der Waals surface area contributed by atoms with Gasteiger partial charge in [-0.1, -0.05) is 0 Å². The number of hydrogen-bond donors (Lipinski definition) is 1. The van der Waals surface area contributed by atoms with E-state index >= 15 is 0 Å². The van der Waals surface area contributed by atoms with Crippen LogP contribution in [-0.4, -0.2) is 44.7 Å². The molecular formula is C16H23Cl2N5O. The predicted octanol–water partition coefficient (Wildman–Crippen LogP) is 2.31. The maximum atomic E-state index is 12.6. The Kier molecular flexibility index (Phi) is 7.66. The number of nitrogens with two attached hydrogens (primary N) is 1. The van der Waals surface area contributed by atoms with E-state index in [2.05, 4.69) is 10.1 Å². The van der Waals surface area contributed by atoms with Crippen LogP contribution in [0, 0.1) is 5.92 Å². The molecule has 3 heterocycles. The molecular weight excluding hydrogens is 349 g/mol. The molecule has 0 spiro atoms. The number of rotatable bonds is 3. The summed E-state index contributed by atoms with van der Waals surface area (Å²) in [6.07, 6.45) is 7.13. The first-order chi connectivity index (χ1) is 10.6. The van der Waals surface area contributed by atoms with Crippen LogP contribution in [-0.2, 0) is 0 Å². The number of halogens is 2. The monoisotopic (exact) mass is 371 g/mol. The Bertz CT molecular complexity index is 640. The number of carbonyl (C=O) groups is 1. The van der Waals surface area contributed by atoms with Gasteiger partial charge in [-0.3, -0.25) is 9.78 Å². The first-order valence-corrected chi connectivity index (χ1v) is 7.66. The van der Waals surface area contributed by atoms with Crippen LogP contribution in [0.2, 0.25) is 0 Å². The highest BCUT2D eigenvalue weighted by atomic mass is 35.5. The number of piperidine rings is 1. The first-order valence-electron chi connectivity index (χ1n) is 7.66. The van der Waals surface area contributed by atoms with Gasteiger partial charge in [-0.15, -0.1) is 24.8 Å². The van der Waals surface area contributed by atoms with Crippen molar-refractivity contribution in [2.75, 3.05) is 13.1 Å². The number of hydrogen-bond acceptors (Lipinski definition) is 4. The zero-order valence-electron chi connectivity index (χ0n) is 13.5. The second-order valence-electron chi connectivity index (χ2n) is 5.84. The quantitative estimate of drug-likeness (QED) is 0.897. The number of amides is 1. The molecule has 1 atom stereocenters. The number of nitrogens with zero attached hydrogens (tertiary/aromatic N) is 4. The van der Waals surface area contributed by atoms with Gasteiger partial charge in [0, 0.05) is 37.7 Å². The minimum absolute atomic E-state index is 0. The van der Waals surface area contributed by atoms with Gasteiger partial charge < -0.3 is 10.6 Å². The topological polar surface area (TPSA) is 77.0 Å². The van der Waals surface area contributed by atoms with Crippen LogP contribution in [0.5, 0.6) is 0 Å². The Morgan fingerprint density at radius 3 is 2.58 bits per heavy atom. The molecule has 2 N–H and O–H groups in total. The van der Waals surface area contributed by atoms with Crippen LogP contribution in [0.3, 0.4) is 0 Å². The number of likely N-dealkylation sites (tertiary alicyclic amines) is 1. The van der Waals surface area contributed by atoms with Gasteiger partial charge in [-0.25, -0.2) is 4.68 Å². The molecule has 0 saturated carbocycles. The van der Waals surface area contributed by atoms with Crippen LogP contribution >= 0.6 is 24.8 Å². The average molecular weight is 372 g/mol. The number of carbonyl (C=O) groups excluding carboxylic acids is 1. The lowest BCUT2D eigenvalue weighted by atomic mass is 9.91. The van der Waals surface area contributed by atoms with E-state index in [9.17, 15) is 4.79 Å². The van der Waals surface area contributed by atoms with Crippen LogP contribution in [0.1, 0.15) is 30.3 Å². The maximum Gasteiger partial charge on any atom is 0.272 e. The summed E-state index contributed by atoms with van der Waals surface area (Å²) in [4.78, 5) is 18.7. The summed E-state index contributed by atoms with van der Waals surface area (Å²) in [5.74, 6) is 0.490. The fourth-order valence-corrected chi connectivity index (χ4v) is 2.89. The minimum Gasteiger partial charge on any atom is -0.337 e. The van der Waals surface area contributed by atoms with Gasteiger partial charge in [0.2, 0.25) is 0 Å². The summed E-state index contributed by atoms with van der Waals surface area (Å²) in [6.45, 7) is 3.54. The van der Waals surface area contributed by atoms with Gasteiger partial charge in [0.15, 0.2) is 0 Å². The Hall–Kier alpha value is -1.63. The number of aromatic nitrogens is 3. The largest absolute Gasteiger partial charge is 0.337 e. The summed E-state index contributed by atoms with van der Waals surface area (Å²) in [5, 5.41) is 4.18. The van der Waals surface area contributed by atoms with Gasteiger partial charge in [0.1, 0.15) is 5.69 Å². The molecule has 0 aliphatic carbocycles. The molecule has 1 saturated heterocycles. The molecule has 3 rings (SSSR count). The van der Waals surface area contributed by atoms with Gasteiger partial charge in [0.25, 0.3) is 5.91 Å². The molecule has 1 amide bonds. The Balaban J connectivity index is 0.00000144. The van der Waals surface area contributed by atoms with Crippen molar-refractivity contribution in [3.8, 4) is 5.69 Å². The highest BCUT2D eigenvalue weighted by molar-refractivity contribution is 5.92. The lowest BCUT2D eigenvalue weighted by Gasteiger charge is -2.33. The molecule has 2 aromatic rings. The van der Waals surface area contributed by atoms with Crippen molar-refractivity contribution < 1.29 is 4.79 Å². The van der Waals surface area contributed by atoms with Crippen LogP contribution in [0.15, 0.2) is 36.8 Å². The lowest BCUT2D eigenvalue weighted by molar-refractivity contribution is 0.0675. The van der Waals surface area contributed by atoms with E-state index in [0.29, 0.717) is 11.6 Å². The van der Waals surface area contributed by atoms with E-state index in [0.717, 1.165) is 31.6 Å². The summed E-state index contributed by atoms with van der Waals surface area (Å²) in [7, 11) is 0. The Morgan fingerprint density at radius 2 is 2.00 bits per heavy atom. The van der Waals surface area contributed by atoms with Gasteiger partial charge in [-0.2, -0.15) is 5.10 Å². The van der Waals surface area contributed by atoms with E-state index in [-0.39, 0.29) is 36.8 Å². The third kappa shape index (κ3) is 4.47. The predicted molar refractivity (Wildman–Crippen MR) is 98.1 cm³/mol. The Morgan fingerprint density at radius 1 is 1.29 bits per heavy atom. The molecule has 24 heavy (non-hydrogen) atoms. The molecule has 6 nitrogen and oxygen atoms in total. The van der Waals surface area contributed by atoms with Crippen molar-refractivity contribution in [1.29, 1.82) is 0 Å². The lowest BCUT2D eigenvalue weighted by Crippen LogP contribution is -2.42. The fraction of sp³-hybridized carbons (Fsp3) is 0.438. The van der Waals surface area contributed by atoms with Gasteiger partial charge >= 0.3 is 0 Å².